The van der Waals surface area contributed by atoms with Gasteiger partial charge in [0.15, 0.2) is 0 Å². The molecule has 2 nitrogen and oxygen atoms in total. The molecule has 1 aliphatic heterocycles. The van der Waals surface area contributed by atoms with E-state index in [1.54, 1.807) is 0 Å². The van der Waals surface area contributed by atoms with Crippen LogP contribution in [0.1, 0.15) is 37.8 Å². The van der Waals surface area contributed by atoms with E-state index in [0.717, 1.165) is 6.54 Å². The van der Waals surface area contributed by atoms with Crippen LogP contribution in [0.25, 0.3) is 0 Å². The summed E-state index contributed by atoms with van der Waals surface area (Å²) in [6, 6.07) is 9.96. The molecule has 2 heteroatoms. The molecule has 0 aliphatic carbocycles. The van der Waals surface area contributed by atoms with E-state index in [0.29, 0.717) is 18.0 Å². The maximum absolute atomic E-state index is 6.24. The monoisotopic (exact) mass is 260 g/mol. The Bertz CT molecular complexity index is 385. The van der Waals surface area contributed by atoms with Crippen LogP contribution in [0.15, 0.2) is 24.3 Å². The van der Waals surface area contributed by atoms with Gasteiger partial charge in [0.1, 0.15) is 0 Å². The Morgan fingerprint density at radius 3 is 2.58 bits per heavy atom. The Hall–Kier alpha value is -0.860. The number of rotatable bonds is 4. The highest BCUT2D eigenvalue weighted by atomic mass is 15.2. The van der Waals surface area contributed by atoms with Crippen molar-refractivity contribution in [3.8, 4) is 0 Å². The molecule has 1 aliphatic rings. The van der Waals surface area contributed by atoms with Crippen molar-refractivity contribution in [2.24, 2.45) is 11.7 Å². The molecule has 0 saturated carbocycles. The van der Waals surface area contributed by atoms with Crippen molar-refractivity contribution < 1.29 is 0 Å². The third kappa shape index (κ3) is 4.05. The van der Waals surface area contributed by atoms with Gasteiger partial charge in [-0.15, -0.1) is 0 Å². The Morgan fingerprint density at radius 2 is 1.95 bits per heavy atom. The SMILES string of the molecule is CCC(C)N1CC(N)CC(Cc2ccc(C)cc2)C1. The van der Waals surface area contributed by atoms with Crippen LogP contribution in [0.2, 0.25) is 0 Å². The van der Waals surface area contributed by atoms with E-state index in [1.807, 2.05) is 0 Å². The molecule has 1 saturated heterocycles. The van der Waals surface area contributed by atoms with Crippen molar-refractivity contribution in [3.63, 3.8) is 0 Å². The van der Waals surface area contributed by atoms with E-state index in [9.17, 15) is 0 Å². The van der Waals surface area contributed by atoms with Crippen molar-refractivity contribution in [1.82, 2.24) is 4.90 Å². The molecular weight excluding hydrogens is 232 g/mol. The lowest BCUT2D eigenvalue weighted by molar-refractivity contribution is 0.114. The summed E-state index contributed by atoms with van der Waals surface area (Å²) in [4.78, 5) is 2.58. The third-order valence-corrected chi connectivity index (χ3v) is 4.46. The zero-order chi connectivity index (χ0) is 13.8. The summed E-state index contributed by atoms with van der Waals surface area (Å²) in [6.45, 7) is 9.00. The maximum atomic E-state index is 6.24. The molecule has 0 bridgehead atoms. The Labute approximate surface area is 118 Å². The van der Waals surface area contributed by atoms with Crippen LogP contribution in [0.4, 0.5) is 0 Å². The standard InChI is InChI=1S/C17H28N2/c1-4-14(3)19-11-16(10-17(18)12-19)9-15-7-5-13(2)6-8-15/h5-8,14,16-17H,4,9-12,18H2,1-3H3. The Kier molecular flexibility index (Phi) is 5.00. The minimum atomic E-state index is 0.346. The molecule has 2 N–H and O–H groups in total. The Morgan fingerprint density at radius 1 is 1.26 bits per heavy atom. The van der Waals surface area contributed by atoms with Crippen molar-refractivity contribution in [2.45, 2.75) is 52.1 Å². The van der Waals surface area contributed by atoms with Gasteiger partial charge in [0, 0.05) is 25.2 Å². The van der Waals surface area contributed by atoms with Crippen LogP contribution in [-0.2, 0) is 6.42 Å². The molecule has 1 aromatic rings. The van der Waals surface area contributed by atoms with Gasteiger partial charge in [-0.05, 0) is 44.6 Å². The highest BCUT2D eigenvalue weighted by Gasteiger charge is 2.27. The summed E-state index contributed by atoms with van der Waals surface area (Å²) < 4.78 is 0. The van der Waals surface area contributed by atoms with E-state index in [4.69, 9.17) is 5.73 Å². The topological polar surface area (TPSA) is 29.3 Å². The van der Waals surface area contributed by atoms with Gasteiger partial charge in [-0.1, -0.05) is 36.8 Å². The lowest BCUT2D eigenvalue weighted by Gasteiger charge is -2.39. The summed E-state index contributed by atoms with van der Waals surface area (Å²) in [5.41, 5.74) is 9.03. The van der Waals surface area contributed by atoms with Crippen LogP contribution < -0.4 is 5.73 Å². The van der Waals surface area contributed by atoms with E-state index >= 15 is 0 Å². The number of nitrogens with zero attached hydrogens (tertiary/aromatic N) is 1. The molecule has 1 aromatic carbocycles. The highest BCUT2D eigenvalue weighted by molar-refractivity contribution is 5.21. The first-order chi connectivity index (χ1) is 9.08. The van der Waals surface area contributed by atoms with Crippen molar-refractivity contribution >= 4 is 0 Å². The molecule has 3 atom stereocenters. The molecule has 19 heavy (non-hydrogen) atoms. The van der Waals surface area contributed by atoms with Gasteiger partial charge in [0.05, 0.1) is 0 Å². The Balaban J connectivity index is 1.97. The minimum absolute atomic E-state index is 0.346. The van der Waals surface area contributed by atoms with Gasteiger partial charge in [-0.2, -0.15) is 0 Å². The van der Waals surface area contributed by atoms with Gasteiger partial charge in [-0.25, -0.2) is 0 Å². The predicted octanol–water partition coefficient (Wildman–Crippen LogP) is 2.99. The maximum Gasteiger partial charge on any atom is 0.0171 e. The molecule has 3 unspecified atom stereocenters. The molecule has 1 heterocycles. The summed E-state index contributed by atoms with van der Waals surface area (Å²) in [6.07, 6.45) is 3.55. The second kappa shape index (κ2) is 6.53. The molecule has 106 valence electrons. The van der Waals surface area contributed by atoms with E-state index in [-0.39, 0.29) is 0 Å². The van der Waals surface area contributed by atoms with Crippen LogP contribution in [0.3, 0.4) is 0 Å². The van der Waals surface area contributed by atoms with Gasteiger partial charge >= 0.3 is 0 Å². The fourth-order valence-corrected chi connectivity index (χ4v) is 3.11. The molecular formula is C17H28N2. The number of likely N-dealkylation sites (tertiary alicyclic amines) is 1. The highest BCUT2D eigenvalue weighted by Crippen LogP contribution is 2.22. The fraction of sp³-hybridized carbons (Fsp3) is 0.647. The zero-order valence-corrected chi connectivity index (χ0v) is 12.6. The smallest absolute Gasteiger partial charge is 0.0171 e. The number of hydrogen-bond donors (Lipinski definition) is 1. The van der Waals surface area contributed by atoms with E-state index in [2.05, 4.69) is 49.9 Å². The van der Waals surface area contributed by atoms with Gasteiger partial charge in [-0.3, -0.25) is 4.90 Å². The van der Waals surface area contributed by atoms with Crippen molar-refractivity contribution in [2.75, 3.05) is 13.1 Å². The lowest BCUT2D eigenvalue weighted by Crippen LogP contribution is -2.50. The number of aryl methyl sites for hydroxylation is 1. The minimum Gasteiger partial charge on any atom is -0.327 e. The molecule has 0 aromatic heterocycles. The van der Waals surface area contributed by atoms with Crippen LogP contribution in [-0.4, -0.2) is 30.1 Å². The first-order valence-electron chi connectivity index (χ1n) is 7.63. The largest absolute Gasteiger partial charge is 0.327 e. The van der Waals surface area contributed by atoms with E-state index < -0.39 is 0 Å². The average Bonchev–Trinajstić information content (AvgIpc) is 2.40. The first-order valence-corrected chi connectivity index (χ1v) is 7.63. The van der Waals surface area contributed by atoms with Gasteiger partial charge in [0.2, 0.25) is 0 Å². The number of piperidine rings is 1. The summed E-state index contributed by atoms with van der Waals surface area (Å²) >= 11 is 0. The van der Waals surface area contributed by atoms with Crippen molar-refractivity contribution in [3.05, 3.63) is 35.4 Å². The summed E-state index contributed by atoms with van der Waals surface area (Å²) in [5.74, 6) is 0.709. The summed E-state index contributed by atoms with van der Waals surface area (Å²) in [7, 11) is 0. The normalized spacial score (nSPS) is 26.3. The van der Waals surface area contributed by atoms with Crippen LogP contribution in [0, 0.1) is 12.8 Å². The number of hydrogen-bond acceptors (Lipinski definition) is 2. The van der Waals surface area contributed by atoms with Crippen molar-refractivity contribution in [1.29, 1.82) is 0 Å². The zero-order valence-electron chi connectivity index (χ0n) is 12.6. The number of benzene rings is 1. The van der Waals surface area contributed by atoms with Crippen LogP contribution >= 0.6 is 0 Å². The molecule has 1 fully saturated rings. The molecule has 0 amide bonds. The second-order valence-electron chi connectivity index (χ2n) is 6.26. The first kappa shape index (κ1) is 14.5. The molecule has 2 rings (SSSR count). The lowest BCUT2D eigenvalue weighted by atomic mass is 9.88. The van der Waals surface area contributed by atoms with Crippen LogP contribution in [0.5, 0.6) is 0 Å². The molecule has 0 spiro atoms. The fourth-order valence-electron chi connectivity index (χ4n) is 3.11. The average molecular weight is 260 g/mol. The summed E-state index contributed by atoms with van der Waals surface area (Å²) in [5, 5.41) is 0. The van der Waals surface area contributed by atoms with Gasteiger partial charge in [0.25, 0.3) is 0 Å². The van der Waals surface area contributed by atoms with Gasteiger partial charge < -0.3 is 5.73 Å². The third-order valence-electron chi connectivity index (χ3n) is 4.46. The second-order valence-corrected chi connectivity index (χ2v) is 6.26. The number of nitrogens with two attached hydrogens (primary N) is 1. The predicted molar refractivity (Wildman–Crippen MR) is 82.3 cm³/mol. The molecule has 0 radical (unpaired) electrons. The van der Waals surface area contributed by atoms with E-state index in [1.165, 1.54) is 36.9 Å². The quantitative estimate of drug-likeness (QED) is 0.902.